The summed E-state index contributed by atoms with van der Waals surface area (Å²) < 4.78 is 0. The summed E-state index contributed by atoms with van der Waals surface area (Å²) in [7, 11) is 0. The molecule has 1 N–H and O–H groups in total. The highest BCUT2D eigenvalue weighted by Gasteiger charge is 2.42. The Balaban J connectivity index is 1.47. The van der Waals surface area contributed by atoms with Crippen LogP contribution in [0.1, 0.15) is 63.4 Å². The van der Waals surface area contributed by atoms with Crippen molar-refractivity contribution in [2.45, 2.75) is 64.2 Å². The number of nitrogens with one attached hydrogen (secondary N) is 1. The number of aldehydes is 1. The number of carbonyl (C=O) groups is 1. The van der Waals surface area contributed by atoms with Gasteiger partial charge in [-0.25, -0.2) is 0 Å². The van der Waals surface area contributed by atoms with E-state index < -0.39 is 0 Å². The lowest BCUT2D eigenvalue weighted by atomic mass is 9.58. The molecule has 28 heavy (non-hydrogen) atoms. The molecule has 2 aliphatic rings. The standard InChI is InChI=1S/C26H37NO/c28-22-17-25-16-7-8-18-26(25,24-14-5-2-6-15-24)19-10-21-27-20-9-13-23-11-3-1-4-12-23/h1,3-4,7-8,11-12,16,18,22,24-25,27H,2,5-6,9-10,13-15,17,19-21H2. The van der Waals surface area contributed by atoms with Crippen LogP contribution in [0.25, 0.3) is 0 Å². The Labute approximate surface area is 171 Å². The van der Waals surface area contributed by atoms with Crippen LogP contribution in [0.3, 0.4) is 0 Å². The molecular formula is C26H37NO. The Morgan fingerprint density at radius 2 is 1.79 bits per heavy atom. The van der Waals surface area contributed by atoms with Crippen molar-refractivity contribution in [2.75, 3.05) is 13.1 Å². The van der Waals surface area contributed by atoms with Crippen LogP contribution in [0.15, 0.2) is 54.6 Å². The number of benzene rings is 1. The van der Waals surface area contributed by atoms with Gasteiger partial charge >= 0.3 is 0 Å². The van der Waals surface area contributed by atoms with Gasteiger partial charge in [0.15, 0.2) is 0 Å². The van der Waals surface area contributed by atoms with E-state index in [4.69, 9.17) is 0 Å². The maximum atomic E-state index is 11.3. The summed E-state index contributed by atoms with van der Waals surface area (Å²) in [5.41, 5.74) is 1.62. The van der Waals surface area contributed by atoms with Crippen molar-refractivity contribution >= 4 is 6.29 Å². The van der Waals surface area contributed by atoms with E-state index >= 15 is 0 Å². The maximum absolute atomic E-state index is 11.3. The Bertz CT molecular complexity index is 629. The maximum Gasteiger partial charge on any atom is 0.120 e. The van der Waals surface area contributed by atoms with Gasteiger partial charge in [0.05, 0.1) is 0 Å². The topological polar surface area (TPSA) is 29.1 Å². The van der Waals surface area contributed by atoms with E-state index in [9.17, 15) is 4.79 Å². The first-order chi connectivity index (χ1) is 13.8. The van der Waals surface area contributed by atoms with Gasteiger partial charge in [-0.15, -0.1) is 0 Å². The fourth-order valence-electron chi connectivity index (χ4n) is 5.40. The number of allylic oxidation sites excluding steroid dienone is 4. The molecule has 2 atom stereocenters. The predicted octanol–water partition coefficient (Wildman–Crippen LogP) is 5.89. The number of hydrogen-bond donors (Lipinski definition) is 1. The van der Waals surface area contributed by atoms with Crippen molar-refractivity contribution in [3.8, 4) is 0 Å². The first-order valence-electron chi connectivity index (χ1n) is 11.4. The average Bonchev–Trinajstić information content (AvgIpc) is 2.76. The van der Waals surface area contributed by atoms with E-state index in [1.54, 1.807) is 0 Å². The number of rotatable bonds is 11. The smallest absolute Gasteiger partial charge is 0.120 e. The van der Waals surface area contributed by atoms with E-state index in [2.05, 4.69) is 60.0 Å². The zero-order valence-corrected chi connectivity index (χ0v) is 17.3. The van der Waals surface area contributed by atoms with Gasteiger partial charge in [-0.2, -0.15) is 0 Å². The van der Waals surface area contributed by atoms with E-state index in [0.29, 0.717) is 12.3 Å². The predicted molar refractivity (Wildman–Crippen MR) is 118 cm³/mol. The number of hydrogen-bond acceptors (Lipinski definition) is 2. The van der Waals surface area contributed by atoms with Gasteiger partial charge in [-0.05, 0) is 74.4 Å². The first-order valence-corrected chi connectivity index (χ1v) is 11.4. The molecule has 0 aromatic heterocycles. The molecule has 1 saturated carbocycles. The van der Waals surface area contributed by atoms with Gasteiger partial charge in [0.25, 0.3) is 0 Å². The Kier molecular flexibility index (Phi) is 8.54. The Hall–Kier alpha value is -1.67. The van der Waals surface area contributed by atoms with E-state index in [0.717, 1.165) is 31.7 Å². The molecule has 3 rings (SSSR count). The van der Waals surface area contributed by atoms with Crippen molar-refractivity contribution in [1.82, 2.24) is 5.32 Å². The molecule has 1 aromatic rings. The Morgan fingerprint density at radius 1 is 1.00 bits per heavy atom. The van der Waals surface area contributed by atoms with Gasteiger partial charge < -0.3 is 10.1 Å². The highest BCUT2D eigenvalue weighted by molar-refractivity contribution is 5.51. The summed E-state index contributed by atoms with van der Waals surface area (Å²) in [6, 6.07) is 10.7. The minimum atomic E-state index is 0.196. The van der Waals surface area contributed by atoms with E-state index in [1.807, 2.05) is 0 Å². The molecule has 0 amide bonds. The second-order valence-corrected chi connectivity index (χ2v) is 8.64. The second kappa shape index (κ2) is 11.4. The molecule has 0 heterocycles. The monoisotopic (exact) mass is 379 g/mol. The zero-order chi connectivity index (χ0) is 19.5. The molecule has 2 aliphatic carbocycles. The molecule has 0 radical (unpaired) electrons. The molecule has 0 aliphatic heterocycles. The van der Waals surface area contributed by atoms with Crippen molar-refractivity contribution in [2.24, 2.45) is 17.3 Å². The molecule has 1 aromatic carbocycles. The summed E-state index contributed by atoms with van der Waals surface area (Å²) in [6.07, 6.45) is 22.4. The van der Waals surface area contributed by atoms with E-state index in [1.165, 1.54) is 56.9 Å². The summed E-state index contributed by atoms with van der Waals surface area (Å²) in [5, 5.41) is 3.65. The third kappa shape index (κ3) is 5.67. The van der Waals surface area contributed by atoms with E-state index in [-0.39, 0.29) is 5.41 Å². The normalized spacial score (nSPS) is 25.1. The molecule has 2 heteroatoms. The highest BCUT2D eigenvalue weighted by atomic mass is 16.1. The molecule has 2 nitrogen and oxygen atoms in total. The summed E-state index contributed by atoms with van der Waals surface area (Å²) in [6.45, 7) is 2.16. The average molecular weight is 380 g/mol. The van der Waals surface area contributed by atoms with Crippen LogP contribution in [0.5, 0.6) is 0 Å². The van der Waals surface area contributed by atoms with Crippen molar-refractivity contribution in [1.29, 1.82) is 0 Å². The molecule has 0 saturated heterocycles. The van der Waals surface area contributed by atoms with Crippen molar-refractivity contribution < 1.29 is 4.79 Å². The van der Waals surface area contributed by atoms with Gasteiger partial charge in [0, 0.05) is 6.42 Å². The first kappa shape index (κ1) is 21.0. The molecule has 0 bridgehead atoms. The Morgan fingerprint density at radius 3 is 2.57 bits per heavy atom. The summed E-state index contributed by atoms with van der Waals surface area (Å²) in [5.74, 6) is 1.13. The number of aryl methyl sites for hydroxylation is 1. The lowest BCUT2D eigenvalue weighted by molar-refractivity contribution is -0.109. The van der Waals surface area contributed by atoms with Crippen LogP contribution in [0.2, 0.25) is 0 Å². The lowest BCUT2D eigenvalue weighted by Crippen LogP contribution is -2.39. The van der Waals surface area contributed by atoms with Gasteiger partial charge in [-0.1, -0.05) is 73.9 Å². The summed E-state index contributed by atoms with van der Waals surface area (Å²) >= 11 is 0. The summed E-state index contributed by atoms with van der Waals surface area (Å²) in [4.78, 5) is 11.3. The van der Waals surface area contributed by atoms with Crippen LogP contribution < -0.4 is 5.32 Å². The molecule has 152 valence electrons. The molecular weight excluding hydrogens is 342 g/mol. The van der Waals surface area contributed by atoms with Crippen molar-refractivity contribution in [3.05, 3.63) is 60.2 Å². The fourth-order valence-corrected chi connectivity index (χ4v) is 5.40. The van der Waals surface area contributed by atoms with Crippen LogP contribution in [0.4, 0.5) is 0 Å². The minimum absolute atomic E-state index is 0.196. The van der Waals surface area contributed by atoms with Gasteiger partial charge in [0.2, 0.25) is 0 Å². The molecule has 2 unspecified atom stereocenters. The quantitative estimate of drug-likeness (QED) is 0.384. The SMILES string of the molecule is O=CCC1C=CC=CC1(CCCNCCCc1ccccc1)C1CCCCC1. The van der Waals surface area contributed by atoms with Crippen LogP contribution in [0, 0.1) is 17.3 Å². The zero-order valence-electron chi connectivity index (χ0n) is 17.3. The molecule has 1 fully saturated rings. The third-order valence-electron chi connectivity index (χ3n) is 6.89. The van der Waals surface area contributed by atoms with Gasteiger partial charge in [-0.3, -0.25) is 0 Å². The highest BCUT2D eigenvalue weighted by Crippen LogP contribution is 2.50. The van der Waals surface area contributed by atoms with Gasteiger partial charge in [0.1, 0.15) is 6.29 Å². The lowest BCUT2D eigenvalue weighted by Gasteiger charge is -2.46. The van der Waals surface area contributed by atoms with Crippen molar-refractivity contribution in [3.63, 3.8) is 0 Å². The van der Waals surface area contributed by atoms with Crippen LogP contribution in [-0.4, -0.2) is 19.4 Å². The number of carbonyl (C=O) groups excluding carboxylic acids is 1. The third-order valence-corrected chi connectivity index (χ3v) is 6.89. The largest absolute Gasteiger partial charge is 0.317 e. The minimum Gasteiger partial charge on any atom is -0.317 e. The van der Waals surface area contributed by atoms with Crippen LogP contribution in [-0.2, 0) is 11.2 Å². The van der Waals surface area contributed by atoms with Crippen LogP contribution >= 0.6 is 0 Å². The molecule has 0 spiro atoms. The fraction of sp³-hybridized carbons (Fsp3) is 0.577. The second-order valence-electron chi connectivity index (χ2n) is 8.64.